The van der Waals surface area contributed by atoms with Crippen molar-refractivity contribution < 1.29 is 42.1 Å². The smallest absolute Gasteiger partial charge is 0.435 e. The number of fused-ring (bicyclic) bond motifs is 1. The Morgan fingerprint density at radius 2 is 1.87 bits per heavy atom. The van der Waals surface area contributed by atoms with Crippen LogP contribution in [-0.4, -0.2) is 68.2 Å². The topological polar surface area (TPSA) is 116 Å². The van der Waals surface area contributed by atoms with Crippen LogP contribution in [0, 0.1) is 0 Å². The van der Waals surface area contributed by atoms with Crippen LogP contribution in [-0.2, 0) is 15.7 Å². The van der Waals surface area contributed by atoms with E-state index < -0.39 is 41.7 Å². The summed E-state index contributed by atoms with van der Waals surface area (Å²) in [6.45, 7) is 4.88. The van der Waals surface area contributed by atoms with Gasteiger partial charge in [-0.3, -0.25) is 4.90 Å². The Hall–Kier alpha value is -3.74. The van der Waals surface area contributed by atoms with E-state index in [2.05, 4.69) is 10.1 Å². The molecule has 1 aliphatic heterocycles. The predicted octanol–water partition coefficient (Wildman–Crippen LogP) is 4.94. The molecule has 0 saturated carbocycles. The van der Waals surface area contributed by atoms with Gasteiger partial charge in [0, 0.05) is 24.1 Å². The van der Waals surface area contributed by atoms with Crippen LogP contribution in [0.2, 0.25) is 5.02 Å². The van der Waals surface area contributed by atoms with Crippen molar-refractivity contribution in [1.82, 2.24) is 19.7 Å². The lowest BCUT2D eigenvalue weighted by atomic mass is 10.1. The number of methoxy groups -OCH3 is 1. The number of aliphatic carboxylic acids is 1. The van der Waals surface area contributed by atoms with Gasteiger partial charge in [0.15, 0.2) is 11.5 Å². The zero-order valence-corrected chi connectivity index (χ0v) is 21.5. The largest absolute Gasteiger partial charge is 0.495 e. The molecular weight excluding hydrogens is 533 g/mol. The van der Waals surface area contributed by atoms with Crippen LogP contribution < -0.4 is 9.47 Å². The Kier molecular flexibility index (Phi) is 7.08. The van der Waals surface area contributed by atoms with Crippen molar-refractivity contribution in [2.45, 2.75) is 51.1 Å². The van der Waals surface area contributed by atoms with Crippen molar-refractivity contribution in [3.05, 3.63) is 41.2 Å². The van der Waals surface area contributed by atoms with E-state index >= 15 is 0 Å². The second-order valence-electron chi connectivity index (χ2n) is 9.56. The molecule has 1 fully saturated rings. The third kappa shape index (κ3) is 5.57. The summed E-state index contributed by atoms with van der Waals surface area (Å²) < 4.78 is 57.0. The summed E-state index contributed by atoms with van der Waals surface area (Å²) in [5, 5.41) is 13.7. The van der Waals surface area contributed by atoms with Crippen LogP contribution in [0.25, 0.3) is 16.7 Å². The first-order valence-electron chi connectivity index (χ1n) is 11.4. The van der Waals surface area contributed by atoms with E-state index in [0.717, 1.165) is 21.8 Å². The van der Waals surface area contributed by atoms with Crippen LogP contribution in [0.15, 0.2) is 30.5 Å². The van der Waals surface area contributed by atoms with Crippen molar-refractivity contribution in [2.75, 3.05) is 13.7 Å². The van der Waals surface area contributed by atoms with Gasteiger partial charge in [-0.1, -0.05) is 11.6 Å². The number of carbonyl (C=O) groups excluding carboxylic acids is 1. The summed E-state index contributed by atoms with van der Waals surface area (Å²) in [5.41, 5.74) is -1.80. The Bertz CT molecular complexity index is 1390. The highest BCUT2D eigenvalue weighted by atomic mass is 35.5. The van der Waals surface area contributed by atoms with E-state index in [9.17, 15) is 27.9 Å². The fourth-order valence-electron chi connectivity index (χ4n) is 3.99. The third-order valence-electron chi connectivity index (χ3n) is 5.64. The summed E-state index contributed by atoms with van der Waals surface area (Å²) in [4.78, 5) is 30.0. The van der Waals surface area contributed by atoms with Gasteiger partial charge in [-0.05, 0) is 39.0 Å². The number of pyridine rings is 1. The second-order valence-corrected chi connectivity index (χ2v) is 9.94. The molecule has 204 valence electrons. The second kappa shape index (κ2) is 9.86. The number of alkyl halides is 3. The molecule has 2 atom stereocenters. The van der Waals surface area contributed by atoms with Crippen LogP contribution in [0.1, 0.15) is 32.9 Å². The molecule has 10 nitrogen and oxygen atoms in total. The number of likely N-dealkylation sites (tertiary alicyclic amines) is 1. The number of rotatable bonds is 5. The number of amides is 1. The molecule has 0 spiro atoms. The Morgan fingerprint density at radius 3 is 2.45 bits per heavy atom. The van der Waals surface area contributed by atoms with E-state index in [1.54, 1.807) is 32.9 Å². The zero-order chi connectivity index (χ0) is 28.0. The number of benzene rings is 1. The maximum atomic E-state index is 13.1. The fraction of sp³-hybridized carbons (Fsp3) is 0.417. The number of halogens is 4. The lowest BCUT2D eigenvalue weighted by Crippen LogP contribution is -2.43. The number of carbonyl (C=O) groups is 2. The molecule has 38 heavy (non-hydrogen) atoms. The average Bonchev–Trinajstić information content (AvgIpc) is 3.46. The van der Waals surface area contributed by atoms with Crippen molar-refractivity contribution in [2.24, 2.45) is 0 Å². The van der Waals surface area contributed by atoms with E-state index in [4.69, 9.17) is 25.8 Å². The molecule has 1 N–H and O–H groups in total. The van der Waals surface area contributed by atoms with Crippen LogP contribution >= 0.6 is 11.6 Å². The van der Waals surface area contributed by atoms with Crippen LogP contribution in [0.3, 0.4) is 0 Å². The maximum absolute atomic E-state index is 13.1. The Morgan fingerprint density at radius 1 is 1.16 bits per heavy atom. The molecule has 14 heteroatoms. The number of carboxylic acid groups (broad SMARTS) is 1. The Balaban J connectivity index is 1.74. The lowest BCUT2D eigenvalue weighted by molar-refractivity contribution is -0.142. The summed E-state index contributed by atoms with van der Waals surface area (Å²) in [5.74, 6) is -0.839. The molecule has 3 aromatic rings. The summed E-state index contributed by atoms with van der Waals surface area (Å²) in [7, 11) is 1.40. The monoisotopic (exact) mass is 556 g/mol. The molecule has 0 radical (unpaired) electrons. The first-order chi connectivity index (χ1) is 17.7. The number of hydrogen-bond acceptors (Lipinski definition) is 7. The van der Waals surface area contributed by atoms with Gasteiger partial charge in [-0.25, -0.2) is 19.3 Å². The number of hydrogen-bond donors (Lipinski definition) is 1. The highest BCUT2D eigenvalue weighted by Crippen LogP contribution is 2.38. The molecule has 0 unspecified atom stereocenters. The van der Waals surface area contributed by atoms with Gasteiger partial charge >= 0.3 is 18.2 Å². The van der Waals surface area contributed by atoms with Gasteiger partial charge in [-0.2, -0.15) is 18.3 Å². The van der Waals surface area contributed by atoms with Crippen molar-refractivity contribution in [3.8, 4) is 17.3 Å². The fourth-order valence-corrected chi connectivity index (χ4v) is 4.27. The maximum Gasteiger partial charge on any atom is 0.435 e. The van der Waals surface area contributed by atoms with E-state index in [1.165, 1.54) is 13.2 Å². The molecule has 4 rings (SSSR count). The molecule has 0 bridgehead atoms. The normalized spacial score (nSPS) is 18.1. The summed E-state index contributed by atoms with van der Waals surface area (Å²) in [6, 6.07) is 4.13. The molecule has 3 heterocycles. The first-order valence-corrected chi connectivity index (χ1v) is 11.8. The third-order valence-corrected chi connectivity index (χ3v) is 6.00. The van der Waals surface area contributed by atoms with Crippen LogP contribution in [0.5, 0.6) is 11.5 Å². The lowest BCUT2D eigenvalue weighted by Gasteiger charge is -2.26. The van der Waals surface area contributed by atoms with Gasteiger partial charge in [0.1, 0.15) is 34.3 Å². The van der Waals surface area contributed by atoms with Gasteiger partial charge in [0.2, 0.25) is 0 Å². The predicted molar refractivity (Wildman–Crippen MR) is 129 cm³/mol. The number of carboxylic acids is 1. The van der Waals surface area contributed by atoms with E-state index in [1.807, 2.05) is 0 Å². The SMILES string of the molecule is COc1ccc2c(O[C@H]3C[C@@H](C(=O)O)N(C(=O)OC(C)(C)C)C3)cc(-n3ccc(C(F)(F)F)n3)nc2c1Cl. The van der Waals surface area contributed by atoms with E-state index in [0.29, 0.717) is 5.39 Å². The number of ether oxygens (including phenoxy) is 3. The van der Waals surface area contributed by atoms with Crippen molar-refractivity contribution >= 4 is 34.6 Å². The summed E-state index contributed by atoms with van der Waals surface area (Å²) >= 11 is 6.46. The highest BCUT2D eigenvalue weighted by molar-refractivity contribution is 6.36. The van der Waals surface area contributed by atoms with Crippen molar-refractivity contribution in [3.63, 3.8) is 0 Å². The highest BCUT2D eigenvalue weighted by Gasteiger charge is 2.43. The Labute approximate surface area is 219 Å². The molecule has 1 saturated heterocycles. The molecule has 1 amide bonds. The molecule has 0 aliphatic carbocycles. The first kappa shape index (κ1) is 27.3. The minimum atomic E-state index is -4.66. The number of nitrogens with zero attached hydrogens (tertiary/aromatic N) is 4. The molecule has 1 aliphatic rings. The number of aromatic nitrogens is 3. The van der Waals surface area contributed by atoms with Crippen molar-refractivity contribution in [1.29, 1.82) is 0 Å². The molecular formula is C24H24ClF3N4O6. The minimum absolute atomic E-state index is 0.0325. The van der Waals surface area contributed by atoms with E-state index in [-0.39, 0.29) is 40.8 Å². The average molecular weight is 557 g/mol. The summed E-state index contributed by atoms with van der Waals surface area (Å²) in [6.07, 6.45) is -5.22. The standard InChI is InChI=1S/C24H24ClF3N4O6/c1-23(2,3)38-22(35)31-11-12(9-14(31)21(33)34)37-16-10-18(32-8-7-17(30-32)24(26,27)28)29-20-13(16)5-6-15(36-4)19(20)25/h5-8,10,12,14H,9,11H2,1-4H3,(H,33,34)/t12-,14-/m0/s1. The molecule has 1 aromatic carbocycles. The van der Waals surface area contributed by atoms with Gasteiger partial charge < -0.3 is 19.3 Å². The zero-order valence-electron chi connectivity index (χ0n) is 20.7. The van der Waals surface area contributed by atoms with Gasteiger partial charge in [0.05, 0.1) is 19.2 Å². The van der Waals surface area contributed by atoms with Crippen LogP contribution in [0.4, 0.5) is 18.0 Å². The molecule has 2 aromatic heterocycles. The quantitative estimate of drug-likeness (QED) is 0.470. The van der Waals surface area contributed by atoms with Gasteiger partial charge in [-0.15, -0.1) is 0 Å². The minimum Gasteiger partial charge on any atom is -0.495 e. The van der Waals surface area contributed by atoms with Gasteiger partial charge in [0.25, 0.3) is 0 Å².